The average Bonchev–Trinajstić information content (AvgIpc) is 2.26. The van der Waals surface area contributed by atoms with Crippen molar-refractivity contribution in [1.82, 2.24) is 0 Å². The molecule has 0 unspecified atom stereocenters. The van der Waals surface area contributed by atoms with Crippen molar-refractivity contribution < 1.29 is 23.4 Å². The Bertz CT molecular complexity index is 421. The molecule has 1 N–H and O–H groups in total. The Balaban J connectivity index is 2.94. The van der Waals surface area contributed by atoms with E-state index in [4.69, 9.17) is 9.84 Å². The molecule has 0 spiro atoms. The molecular weight excluding hydrogens is 298 g/mol. The summed E-state index contributed by atoms with van der Waals surface area (Å²) >= 11 is 3.02. The summed E-state index contributed by atoms with van der Waals surface area (Å²) in [7, 11) is 1.43. The number of hydrogen-bond acceptors (Lipinski definition) is 2. The molecule has 1 aromatic carbocycles. The molecule has 6 heteroatoms. The predicted molar refractivity (Wildman–Crippen MR) is 61.5 cm³/mol. The minimum absolute atomic E-state index is 0.201. The Kier molecular flexibility index (Phi) is 4.45. The molecule has 3 nitrogen and oxygen atoms in total. The third kappa shape index (κ3) is 3.66. The average molecular weight is 309 g/mol. The molecule has 0 radical (unpaired) electrons. The van der Waals surface area contributed by atoms with Crippen molar-refractivity contribution in [3.8, 4) is 5.75 Å². The number of carboxylic acids is 1. The molecule has 0 aliphatic rings. The fraction of sp³-hybridized carbons (Fsp3) is 0.364. The maximum Gasteiger partial charge on any atom is 0.303 e. The summed E-state index contributed by atoms with van der Waals surface area (Å²) in [4.78, 5) is 10.3. The van der Waals surface area contributed by atoms with Crippen LogP contribution in [0.4, 0.5) is 8.78 Å². The molecule has 0 fully saturated rings. The molecule has 1 aromatic rings. The minimum atomic E-state index is -3.18. The fourth-order valence-electron chi connectivity index (χ4n) is 1.32. The number of halogens is 3. The number of benzene rings is 1. The van der Waals surface area contributed by atoms with E-state index in [0.29, 0.717) is 5.75 Å². The van der Waals surface area contributed by atoms with Gasteiger partial charge in [-0.2, -0.15) is 0 Å². The van der Waals surface area contributed by atoms with Gasteiger partial charge in [0.05, 0.1) is 13.5 Å². The van der Waals surface area contributed by atoms with E-state index < -0.39 is 24.7 Å². The lowest BCUT2D eigenvalue weighted by atomic mass is 10.0. The van der Waals surface area contributed by atoms with Crippen LogP contribution < -0.4 is 4.74 Å². The van der Waals surface area contributed by atoms with Crippen molar-refractivity contribution in [3.63, 3.8) is 0 Å². The zero-order valence-corrected chi connectivity index (χ0v) is 10.6. The first-order valence-electron chi connectivity index (χ1n) is 4.80. The van der Waals surface area contributed by atoms with Gasteiger partial charge in [-0.05, 0) is 18.2 Å². The van der Waals surface area contributed by atoms with Crippen molar-refractivity contribution in [2.75, 3.05) is 7.11 Å². The largest absolute Gasteiger partial charge is 0.497 e. The second-order valence-corrected chi connectivity index (χ2v) is 4.30. The normalized spacial score (nSPS) is 11.3. The van der Waals surface area contributed by atoms with Gasteiger partial charge in [0, 0.05) is 16.5 Å². The van der Waals surface area contributed by atoms with Crippen LogP contribution in [0, 0.1) is 0 Å². The van der Waals surface area contributed by atoms with E-state index in [-0.39, 0.29) is 10.0 Å². The molecular formula is C11H11BrF2O3. The van der Waals surface area contributed by atoms with Gasteiger partial charge in [0.1, 0.15) is 5.75 Å². The van der Waals surface area contributed by atoms with Crippen molar-refractivity contribution in [2.24, 2.45) is 0 Å². The third-order valence-electron chi connectivity index (χ3n) is 2.22. The molecule has 0 aliphatic heterocycles. The lowest BCUT2D eigenvalue weighted by Gasteiger charge is -2.17. The molecule has 0 aromatic heterocycles. The van der Waals surface area contributed by atoms with Crippen LogP contribution in [0.3, 0.4) is 0 Å². The molecule has 17 heavy (non-hydrogen) atoms. The maximum absolute atomic E-state index is 13.7. The Morgan fingerprint density at radius 2 is 2.18 bits per heavy atom. The molecule has 0 amide bonds. The van der Waals surface area contributed by atoms with E-state index in [9.17, 15) is 13.6 Å². The number of carboxylic acid groups (broad SMARTS) is 1. The van der Waals surface area contributed by atoms with Crippen LogP contribution in [0.2, 0.25) is 0 Å². The zero-order valence-electron chi connectivity index (χ0n) is 9.04. The molecule has 1 rings (SSSR count). The van der Waals surface area contributed by atoms with Crippen LogP contribution in [-0.4, -0.2) is 18.2 Å². The summed E-state index contributed by atoms with van der Waals surface area (Å²) in [6.07, 6.45) is -1.31. The van der Waals surface area contributed by atoms with Gasteiger partial charge < -0.3 is 9.84 Å². The Hall–Kier alpha value is -1.17. The fourth-order valence-corrected chi connectivity index (χ4v) is 1.97. The number of hydrogen-bond donors (Lipinski definition) is 1. The van der Waals surface area contributed by atoms with E-state index in [0.717, 1.165) is 0 Å². The lowest BCUT2D eigenvalue weighted by Crippen LogP contribution is -2.16. The second-order valence-electron chi connectivity index (χ2n) is 3.44. The van der Waals surface area contributed by atoms with Crippen molar-refractivity contribution >= 4 is 21.9 Å². The first-order valence-corrected chi connectivity index (χ1v) is 5.60. The third-order valence-corrected chi connectivity index (χ3v) is 2.88. The van der Waals surface area contributed by atoms with Gasteiger partial charge in [0.15, 0.2) is 0 Å². The minimum Gasteiger partial charge on any atom is -0.497 e. The standard InChI is InChI=1S/C11H11BrF2O3/c1-17-7-2-3-8(9(12)6-7)11(13,14)5-4-10(15)16/h2-3,6H,4-5H2,1H3,(H,15,16). The Labute approximate surface area is 106 Å². The van der Waals surface area contributed by atoms with Crippen molar-refractivity contribution in [3.05, 3.63) is 28.2 Å². The van der Waals surface area contributed by atoms with E-state index in [1.54, 1.807) is 0 Å². The maximum atomic E-state index is 13.7. The number of aliphatic carboxylic acids is 1. The van der Waals surface area contributed by atoms with E-state index in [1.807, 2.05) is 0 Å². The molecule has 0 saturated heterocycles. The number of ether oxygens (including phenoxy) is 1. The first-order chi connectivity index (χ1) is 7.86. The summed E-state index contributed by atoms with van der Waals surface area (Å²) in [6.45, 7) is 0. The highest BCUT2D eigenvalue weighted by Crippen LogP contribution is 2.38. The van der Waals surface area contributed by atoms with Gasteiger partial charge in [-0.25, -0.2) is 8.78 Å². The van der Waals surface area contributed by atoms with Crippen LogP contribution in [0.5, 0.6) is 5.75 Å². The van der Waals surface area contributed by atoms with E-state index in [2.05, 4.69) is 15.9 Å². The highest BCUT2D eigenvalue weighted by Gasteiger charge is 2.34. The Morgan fingerprint density at radius 1 is 1.53 bits per heavy atom. The lowest BCUT2D eigenvalue weighted by molar-refractivity contribution is -0.139. The highest BCUT2D eigenvalue weighted by molar-refractivity contribution is 9.10. The number of rotatable bonds is 5. The summed E-state index contributed by atoms with van der Waals surface area (Å²) in [5, 5.41) is 8.41. The van der Waals surface area contributed by atoms with Crippen LogP contribution >= 0.6 is 15.9 Å². The quantitative estimate of drug-likeness (QED) is 0.906. The summed E-state index contributed by atoms with van der Waals surface area (Å²) < 4.78 is 32.5. The van der Waals surface area contributed by atoms with Crippen LogP contribution in [-0.2, 0) is 10.7 Å². The Morgan fingerprint density at radius 3 is 2.65 bits per heavy atom. The number of methoxy groups -OCH3 is 1. The molecule has 0 aliphatic carbocycles. The number of alkyl halides is 2. The topological polar surface area (TPSA) is 46.5 Å². The second kappa shape index (κ2) is 5.44. The van der Waals surface area contributed by atoms with Gasteiger partial charge in [0.25, 0.3) is 5.92 Å². The molecule has 0 heterocycles. The van der Waals surface area contributed by atoms with Gasteiger partial charge in [-0.1, -0.05) is 15.9 Å². The van der Waals surface area contributed by atoms with Crippen molar-refractivity contribution in [1.29, 1.82) is 0 Å². The van der Waals surface area contributed by atoms with Gasteiger partial charge in [-0.3, -0.25) is 4.79 Å². The van der Waals surface area contributed by atoms with Gasteiger partial charge in [-0.15, -0.1) is 0 Å². The first kappa shape index (κ1) is 13.9. The van der Waals surface area contributed by atoms with Gasteiger partial charge >= 0.3 is 5.97 Å². The van der Waals surface area contributed by atoms with Crippen LogP contribution in [0.25, 0.3) is 0 Å². The van der Waals surface area contributed by atoms with E-state index in [1.165, 1.54) is 25.3 Å². The molecule has 0 saturated carbocycles. The van der Waals surface area contributed by atoms with Crippen LogP contribution in [0.15, 0.2) is 22.7 Å². The summed E-state index contributed by atoms with van der Waals surface area (Å²) in [5.41, 5.74) is -0.237. The van der Waals surface area contributed by atoms with Gasteiger partial charge in [0.2, 0.25) is 0 Å². The molecule has 0 atom stereocenters. The predicted octanol–water partition coefficient (Wildman–Crippen LogP) is 3.41. The molecule has 0 bridgehead atoms. The summed E-state index contributed by atoms with van der Waals surface area (Å²) in [6, 6.07) is 4.06. The zero-order chi connectivity index (χ0) is 13.1. The van der Waals surface area contributed by atoms with Crippen molar-refractivity contribution in [2.45, 2.75) is 18.8 Å². The summed E-state index contributed by atoms with van der Waals surface area (Å²) in [5.74, 6) is -3.97. The van der Waals surface area contributed by atoms with E-state index >= 15 is 0 Å². The smallest absolute Gasteiger partial charge is 0.303 e. The molecule has 94 valence electrons. The monoisotopic (exact) mass is 308 g/mol. The highest BCUT2D eigenvalue weighted by atomic mass is 79.9. The number of carbonyl (C=O) groups is 1. The SMILES string of the molecule is COc1ccc(C(F)(F)CCC(=O)O)c(Br)c1. The van der Waals surface area contributed by atoms with Crippen LogP contribution in [0.1, 0.15) is 18.4 Å².